The monoisotopic (exact) mass is 364 g/mol. The first-order valence-electron chi connectivity index (χ1n) is 7.99. The number of hydrogen-bond donors (Lipinski definition) is 3. The number of hydrogen-bond acceptors (Lipinski definition) is 6. The molecule has 6 nitrogen and oxygen atoms in total. The highest BCUT2D eigenvalue weighted by atomic mass is 19.1. The average Bonchev–Trinajstić information content (AvgIpc) is 2.63. The van der Waals surface area contributed by atoms with Gasteiger partial charge in [-0.1, -0.05) is 6.07 Å². The lowest BCUT2D eigenvalue weighted by atomic mass is 10.1. The minimum Gasteiger partial charge on any atom is -0.508 e. The second kappa shape index (κ2) is 6.45. The largest absolute Gasteiger partial charge is 0.508 e. The van der Waals surface area contributed by atoms with Crippen LogP contribution in [0.3, 0.4) is 0 Å². The second-order valence-corrected chi connectivity index (χ2v) is 5.87. The Morgan fingerprint density at radius 1 is 1.07 bits per heavy atom. The maximum absolute atomic E-state index is 12.9. The van der Waals surface area contributed by atoms with Crippen LogP contribution in [-0.2, 0) is 0 Å². The molecule has 0 bridgehead atoms. The summed E-state index contributed by atoms with van der Waals surface area (Å²) in [6.45, 7) is 0. The first-order chi connectivity index (χ1) is 13.0. The van der Waals surface area contributed by atoms with Crippen molar-refractivity contribution in [2.75, 3.05) is 5.43 Å². The number of fused-ring (bicyclic) bond motifs is 2. The summed E-state index contributed by atoms with van der Waals surface area (Å²) in [5.74, 6) is -0.914. The molecule has 3 N–H and O–H groups in total. The Balaban J connectivity index is 1.80. The number of nitrogens with zero attached hydrogens (tertiary/aromatic N) is 1. The molecular formula is C20H13FN2O4. The van der Waals surface area contributed by atoms with Gasteiger partial charge in [0.15, 0.2) is 0 Å². The Kier molecular flexibility index (Phi) is 3.97. The highest BCUT2D eigenvalue weighted by Crippen LogP contribution is 2.30. The summed E-state index contributed by atoms with van der Waals surface area (Å²) in [5, 5.41) is 24.0. The molecule has 0 aliphatic rings. The molecule has 27 heavy (non-hydrogen) atoms. The van der Waals surface area contributed by atoms with Crippen molar-refractivity contribution in [2.24, 2.45) is 5.10 Å². The first kappa shape index (κ1) is 16.6. The number of aromatic hydroxyl groups is 2. The van der Waals surface area contributed by atoms with Crippen molar-refractivity contribution >= 4 is 33.8 Å². The summed E-state index contributed by atoms with van der Waals surface area (Å²) < 4.78 is 18.7. The van der Waals surface area contributed by atoms with Crippen molar-refractivity contribution in [1.29, 1.82) is 0 Å². The number of para-hydroxylation sites is 1. The number of phenolic OH excluding ortho intramolecular Hbond substituents is 2. The summed E-state index contributed by atoms with van der Waals surface area (Å²) in [5.41, 5.74) is 3.79. The topological polar surface area (TPSA) is 95.1 Å². The molecule has 4 aromatic rings. The lowest BCUT2D eigenvalue weighted by Gasteiger charge is -2.06. The zero-order chi connectivity index (χ0) is 19.0. The fourth-order valence-electron chi connectivity index (χ4n) is 2.79. The van der Waals surface area contributed by atoms with Crippen molar-refractivity contribution in [2.45, 2.75) is 0 Å². The van der Waals surface area contributed by atoms with E-state index in [0.29, 0.717) is 11.3 Å². The predicted octanol–water partition coefficient (Wildman–Crippen LogP) is 3.94. The Bertz CT molecular complexity index is 1250. The molecule has 0 spiro atoms. The van der Waals surface area contributed by atoms with Crippen LogP contribution in [0.25, 0.3) is 21.9 Å². The van der Waals surface area contributed by atoms with Crippen molar-refractivity contribution in [3.8, 4) is 11.5 Å². The van der Waals surface area contributed by atoms with Gasteiger partial charge in [0.25, 0.3) is 0 Å². The van der Waals surface area contributed by atoms with E-state index in [2.05, 4.69) is 10.5 Å². The second-order valence-electron chi connectivity index (χ2n) is 5.87. The van der Waals surface area contributed by atoms with E-state index < -0.39 is 5.43 Å². The quantitative estimate of drug-likeness (QED) is 0.291. The third-order valence-corrected chi connectivity index (χ3v) is 4.04. The van der Waals surface area contributed by atoms with E-state index in [0.717, 1.165) is 6.07 Å². The van der Waals surface area contributed by atoms with Gasteiger partial charge in [0.2, 0.25) is 5.43 Å². The van der Waals surface area contributed by atoms with E-state index in [1.165, 1.54) is 36.5 Å². The van der Waals surface area contributed by atoms with E-state index in [1.807, 2.05) is 0 Å². The highest BCUT2D eigenvalue weighted by molar-refractivity contribution is 6.01. The zero-order valence-electron chi connectivity index (χ0n) is 13.8. The summed E-state index contributed by atoms with van der Waals surface area (Å²) in [7, 11) is 0. The molecule has 0 radical (unpaired) electrons. The SMILES string of the molecule is O=c1c2cccc(/C=N/Nc3ccc(F)cc3)c2oc2cc(O)cc(O)c12. The van der Waals surface area contributed by atoms with Crippen LogP contribution in [0.15, 0.2) is 68.9 Å². The van der Waals surface area contributed by atoms with Crippen LogP contribution in [0.1, 0.15) is 5.56 Å². The summed E-state index contributed by atoms with van der Waals surface area (Å²) in [6.07, 6.45) is 1.46. The average molecular weight is 364 g/mol. The number of benzene rings is 3. The number of phenols is 2. The van der Waals surface area contributed by atoms with Crippen LogP contribution in [0.4, 0.5) is 10.1 Å². The third-order valence-electron chi connectivity index (χ3n) is 4.04. The van der Waals surface area contributed by atoms with E-state index >= 15 is 0 Å². The van der Waals surface area contributed by atoms with Gasteiger partial charge in [-0.3, -0.25) is 10.2 Å². The molecule has 0 saturated heterocycles. The molecule has 0 unspecified atom stereocenters. The molecule has 0 fully saturated rings. The first-order valence-corrected chi connectivity index (χ1v) is 7.99. The van der Waals surface area contributed by atoms with Gasteiger partial charge in [0.1, 0.15) is 33.9 Å². The lowest BCUT2D eigenvalue weighted by Crippen LogP contribution is -2.04. The van der Waals surface area contributed by atoms with Gasteiger partial charge in [0.05, 0.1) is 17.3 Å². The standard InChI is InChI=1S/C20H13FN2O4/c21-12-4-6-13(7-5-12)23-22-10-11-2-1-3-15-19(26)18-16(25)8-14(24)9-17(18)27-20(11)15/h1-10,23-25H/b22-10+. The number of anilines is 1. The van der Waals surface area contributed by atoms with E-state index in [9.17, 15) is 19.4 Å². The minimum absolute atomic E-state index is 0.00109. The molecule has 7 heteroatoms. The lowest BCUT2D eigenvalue weighted by molar-refractivity contribution is 0.453. The third kappa shape index (κ3) is 3.06. The smallest absolute Gasteiger partial charge is 0.204 e. The summed E-state index contributed by atoms with van der Waals surface area (Å²) in [4.78, 5) is 12.7. The van der Waals surface area contributed by atoms with Gasteiger partial charge >= 0.3 is 0 Å². The van der Waals surface area contributed by atoms with Gasteiger partial charge in [-0.15, -0.1) is 0 Å². The molecule has 0 aliphatic heterocycles. The molecule has 0 aliphatic carbocycles. The number of nitrogens with one attached hydrogen (secondary N) is 1. The van der Waals surface area contributed by atoms with Crippen molar-refractivity contribution in [3.05, 3.63) is 76.2 Å². The summed E-state index contributed by atoms with van der Waals surface area (Å²) >= 11 is 0. The van der Waals surface area contributed by atoms with Gasteiger partial charge < -0.3 is 14.6 Å². The van der Waals surface area contributed by atoms with E-state index in [-0.39, 0.29) is 39.3 Å². The Labute approximate surface area is 151 Å². The summed E-state index contributed by atoms with van der Waals surface area (Å²) in [6, 6.07) is 13.0. The molecule has 0 saturated carbocycles. The number of halogens is 1. The van der Waals surface area contributed by atoms with Crippen LogP contribution >= 0.6 is 0 Å². The van der Waals surface area contributed by atoms with Crippen LogP contribution in [0.5, 0.6) is 11.5 Å². The van der Waals surface area contributed by atoms with Crippen molar-refractivity contribution in [3.63, 3.8) is 0 Å². The number of rotatable bonds is 3. The molecule has 0 amide bonds. The Morgan fingerprint density at radius 3 is 2.63 bits per heavy atom. The molecule has 0 atom stereocenters. The van der Waals surface area contributed by atoms with Crippen molar-refractivity contribution < 1.29 is 19.0 Å². The van der Waals surface area contributed by atoms with Crippen LogP contribution < -0.4 is 10.9 Å². The maximum atomic E-state index is 12.9. The Morgan fingerprint density at radius 2 is 1.85 bits per heavy atom. The molecule has 3 aromatic carbocycles. The predicted molar refractivity (Wildman–Crippen MR) is 101 cm³/mol. The minimum atomic E-state index is -0.412. The van der Waals surface area contributed by atoms with Gasteiger partial charge in [-0.2, -0.15) is 5.10 Å². The normalized spacial score (nSPS) is 11.4. The molecular weight excluding hydrogens is 351 g/mol. The number of hydrazone groups is 1. The van der Waals surface area contributed by atoms with Crippen molar-refractivity contribution in [1.82, 2.24) is 0 Å². The van der Waals surface area contributed by atoms with Gasteiger partial charge in [-0.25, -0.2) is 4.39 Å². The van der Waals surface area contributed by atoms with E-state index in [4.69, 9.17) is 4.42 Å². The van der Waals surface area contributed by atoms with Gasteiger partial charge in [0, 0.05) is 17.7 Å². The highest BCUT2D eigenvalue weighted by Gasteiger charge is 2.14. The maximum Gasteiger partial charge on any atom is 0.204 e. The fourth-order valence-corrected chi connectivity index (χ4v) is 2.79. The fraction of sp³-hybridized carbons (Fsp3) is 0. The molecule has 1 heterocycles. The van der Waals surface area contributed by atoms with Gasteiger partial charge in [-0.05, 0) is 36.4 Å². The van der Waals surface area contributed by atoms with Crippen LogP contribution in [-0.4, -0.2) is 16.4 Å². The van der Waals surface area contributed by atoms with E-state index in [1.54, 1.807) is 18.2 Å². The van der Waals surface area contributed by atoms with Crippen LogP contribution in [0.2, 0.25) is 0 Å². The molecule has 134 valence electrons. The molecule has 1 aromatic heterocycles. The zero-order valence-corrected chi connectivity index (χ0v) is 13.8. The van der Waals surface area contributed by atoms with Crippen LogP contribution in [0, 0.1) is 5.82 Å². The molecule has 4 rings (SSSR count). The Hall–Kier alpha value is -3.87.